The normalized spacial score (nSPS) is 20.1. The zero-order valence-electron chi connectivity index (χ0n) is 13.7. The molecule has 0 spiro atoms. The van der Waals surface area contributed by atoms with Gasteiger partial charge < -0.3 is 4.74 Å². The summed E-state index contributed by atoms with van der Waals surface area (Å²) in [6.07, 6.45) is 4.10. The minimum Gasteiger partial charge on any atom is -0.376 e. The summed E-state index contributed by atoms with van der Waals surface area (Å²) in [5, 5.41) is 0.772. The van der Waals surface area contributed by atoms with Crippen LogP contribution >= 0.6 is 23.2 Å². The molecule has 1 aliphatic heterocycles. The first kappa shape index (κ1) is 17.6. The van der Waals surface area contributed by atoms with Crippen LogP contribution in [0.15, 0.2) is 24.4 Å². The fourth-order valence-electron chi connectivity index (χ4n) is 3.21. The van der Waals surface area contributed by atoms with Gasteiger partial charge in [-0.15, -0.1) is 0 Å². The molecule has 3 rings (SSSR count). The lowest BCUT2D eigenvalue weighted by molar-refractivity contribution is -0.0722. The summed E-state index contributed by atoms with van der Waals surface area (Å²) in [4.78, 5) is 8.18. The summed E-state index contributed by atoms with van der Waals surface area (Å²) in [6, 6.07) is 4.97. The van der Waals surface area contributed by atoms with E-state index in [4.69, 9.17) is 27.9 Å². The van der Waals surface area contributed by atoms with Crippen molar-refractivity contribution in [2.24, 2.45) is 5.92 Å². The molecule has 1 atom stereocenters. The van der Waals surface area contributed by atoms with E-state index in [1.807, 2.05) is 6.07 Å². The van der Waals surface area contributed by atoms with Gasteiger partial charge in [0.15, 0.2) is 0 Å². The van der Waals surface area contributed by atoms with Crippen LogP contribution in [0.3, 0.4) is 0 Å². The molecule has 1 fully saturated rings. The maximum atomic E-state index is 13.5. The molecular weight excluding hydrogens is 350 g/mol. The summed E-state index contributed by atoms with van der Waals surface area (Å²) in [5.74, 6) is -0.108. The fraction of sp³-hybridized carbons (Fsp3) is 0.444. The van der Waals surface area contributed by atoms with Crippen molar-refractivity contribution in [2.75, 3.05) is 6.61 Å². The third-order valence-electron chi connectivity index (χ3n) is 4.28. The van der Waals surface area contributed by atoms with Gasteiger partial charge in [0.05, 0.1) is 21.3 Å². The number of aromatic nitrogens is 2. The first-order valence-electron chi connectivity index (χ1n) is 7.95. The summed E-state index contributed by atoms with van der Waals surface area (Å²) >= 11 is 12.4. The number of pyridine rings is 2. The van der Waals surface area contributed by atoms with Crippen molar-refractivity contribution in [1.29, 1.82) is 0 Å². The van der Waals surface area contributed by atoms with Gasteiger partial charge in [-0.3, -0.25) is 4.98 Å². The minimum atomic E-state index is -0.608. The number of rotatable bonds is 3. The first-order chi connectivity index (χ1) is 11.3. The number of hydrogen-bond donors (Lipinski definition) is 0. The van der Waals surface area contributed by atoms with Gasteiger partial charge in [-0.1, -0.05) is 23.2 Å². The SMILES string of the molecule is CC1(C)CC(Cc2ccc(Cl)c(-c3cc(F)ncc3Cl)n2)CCO1. The fourth-order valence-corrected chi connectivity index (χ4v) is 3.61. The quantitative estimate of drug-likeness (QED) is 0.686. The Morgan fingerprint density at radius 1 is 1.29 bits per heavy atom. The van der Waals surface area contributed by atoms with E-state index in [2.05, 4.69) is 23.8 Å². The van der Waals surface area contributed by atoms with Crippen molar-refractivity contribution in [1.82, 2.24) is 9.97 Å². The van der Waals surface area contributed by atoms with Crippen molar-refractivity contribution in [2.45, 2.75) is 38.7 Å². The molecule has 1 saturated heterocycles. The monoisotopic (exact) mass is 368 g/mol. The zero-order valence-corrected chi connectivity index (χ0v) is 15.2. The average Bonchev–Trinajstić information content (AvgIpc) is 2.51. The standard InChI is InChI=1S/C18H19Cl2FN2O/c1-18(2)9-11(5-6-24-18)7-12-3-4-14(19)17(23-12)13-8-16(21)22-10-15(13)20/h3-4,8,10-11H,5-7,9H2,1-2H3. The third-order valence-corrected chi connectivity index (χ3v) is 4.88. The van der Waals surface area contributed by atoms with Crippen molar-refractivity contribution in [3.63, 3.8) is 0 Å². The molecule has 1 aliphatic rings. The molecule has 0 aliphatic carbocycles. The zero-order chi connectivity index (χ0) is 17.3. The molecular formula is C18H19Cl2FN2O. The van der Waals surface area contributed by atoms with Gasteiger partial charge in [-0.2, -0.15) is 4.39 Å². The first-order valence-corrected chi connectivity index (χ1v) is 8.70. The Kier molecular flexibility index (Phi) is 5.09. The highest BCUT2D eigenvalue weighted by molar-refractivity contribution is 6.36. The van der Waals surface area contributed by atoms with Crippen LogP contribution in [0.2, 0.25) is 10.0 Å². The van der Waals surface area contributed by atoms with Gasteiger partial charge in [-0.05, 0) is 51.2 Å². The molecule has 2 aromatic rings. The second-order valence-corrected chi connectivity index (χ2v) is 7.61. The van der Waals surface area contributed by atoms with Gasteiger partial charge in [0.1, 0.15) is 0 Å². The maximum absolute atomic E-state index is 13.5. The lowest BCUT2D eigenvalue weighted by Gasteiger charge is -2.35. The molecule has 24 heavy (non-hydrogen) atoms. The Hall–Kier alpha value is -1.23. The second kappa shape index (κ2) is 6.95. The van der Waals surface area contributed by atoms with Crippen LogP contribution in [0.4, 0.5) is 4.39 Å². The smallest absolute Gasteiger partial charge is 0.213 e. The van der Waals surface area contributed by atoms with Crippen molar-refractivity contribution < 1.29 is 9.13 Å². The van der Waals surface area contributed by atoms with Crippen molar-refractivity contribution in [3.05, 3.63) is 46.1 Å². The van der Waals surface area contributed by atoms with E-state index in [1.54, 1.807) is 6.07 Å². The van der Waals surface area contributed by atoms with Crippen LogP contribution in [-0.4, -0.2) is 22.2 Å². The Morgan fingerprint density at radius 2 is 2.08 bits per heavy atom. The van der Waals surface area contributed by atoms with Crippen LogP contribution in [0, 0.1) is 11.9 Å². The molecule has 128 valence electrons. The van der Waals surface area contributed by atoms with E-state index in [0.717, 1.165) is 31.6 Å². The molecule has 1 unspecified atom stereocenters. The lowest BCUT2D eigenvalue weighted by Crippen LogP contribution is -2.34. The van der Waals surface area contributed by atoms with Crippen LogP contribution in [0.25, 0.3) is 11.3 Å². The number of hydrogen-bond acceptors (Lipinski definition) is 3. The third kappa shape index (κ3) is 4.05. The summed E-state index contributed by atoms with van der Waals surface area (Å²) in [6.45, 7) is 4.98. The Balaban J connectivity index is 1.88. The predicted molar refractivity (Wildman–Crippen MR) is 93.9 cm³/mol. The molecule has 0 aromatic carbocycles. The largest absolute Gasteiger partial charge is 0.376 e. The lowest BCUT2D eigenvalue weighted by atomic mass is 9.85. The van der Waals surface area contributed by atoms with E-state index < -0.39 is 5.95 Å². The van der Waals surface area contributed by atoms with Gasteiger partial charge in [-0.25, -0.2) is 4.98 Å². The molecule has 0 saturated carbocycles. The molecule has 0 N–H and O–H groups in total. The van der Waals surface area contributed by atoms with E-state index in [-0.39, 0.29) is 5.60 Å². The van der Waals surface area contributed by atoms with E-state index in [9.17, 15) is 4.39 Å². The maximum Gasteiger partial charge on any atom is 0.213 e. The van der Waals surface area contributed by atoms with Gasteiger partial charge in [0.2, 0.25) is 5.95 Å². The molecule has 3 heterocycles. The molecule has 6 heteroatoms. The Labute approximate surface area is 151 Å². The highest BCUT2D eigenvalue weighted by Gasteiger charge is 2.29. The Morgan fingerprint density at radius 3 is 2.83 bits per heavy atom. The van der Waals surface area contributed by atoms with Gasteiger partial charge in [0, 0.05) is 30.1 Å². The van der Waals surface area contributed by atoms with Gasteiger partial charge >= 0.3 is 0 Å². The molecule has 0 amide bonds. The topological polar surface area (TPSA) is 35.0 Å². The highest BCUT2D eigenvalue weighted by atomic mass is 35.5. The van der Waals surface area contributed by atoms with Crippen molar-refractivity contribution in [3.8, 4) is 11.3 Å². The summed E-state index contributed by atoms with van der Waals surface area (Å²) in [5.41, 5.74) is 1.77. The van der Waals surface area contributed by atoms with Crippen LogP contribution in [0.5, 0.6) is 0 Å². The van der Waals surface area contributed by atoms with E-state index in [0.29, 0.717) is 27.2 Å². The number of halogens is 3. The van der Waals surface area contributed by atoms with E-state index in [1.165, 1.54) is 12.3 Å². The van der Waals surface area contributed by atoms with Gasteiger partial charge in [0.25, 0.3) is 0 Å². The predicted octanol–water partition coefficient (Wildman–Crippen LogP) is 5.34. The molecule has 0 bridgehead atoms. The highest BCUT2D eigenvalue weighted by Crippen LogP contribution is 2.34. The molecule has 0 radical (unpaired) electrons. The van der Waals surface area contributed by atoms with Crippen molar-refractivity contribution >= 4 is 23.2 Å². The second-order valence-electron chi connectivity index (χ2n) is 6.79. The Bertz CT molecular complexity index is 752. The number of ether oxygens (including phenoxy) is 1. The average molecular weight is 369 g/mol. The minimum absolute atomic E-state index is 0.101. The summed E-state index contributed by atoms with van der Waals surface area (Å²) < 4.78 is 19.2. The number of nitrogens with zero attached hydrogens (tertiary/aromatic N) is 2. The van der Waals surface area contributed by atoms with Crippen LogP contribution in [-0.2, 0) is 11.2 Å². The van der Waals surface area contributed by atoms with E-state index >= 15 is 0 Å². The molecule has 2 aromatic heterocycles. The summed E-state index contributed by atoms with van der Waals surface area (Å²) in [7, 11) is 0. The van der Waals surface area contributed by atoms with Crippen LogP contribution < -0.4 is 0 Å². The van der Waals surface area contributed by atoms with Crippen LogP contribution in [0.1, 0.15) is 32.4 Å². The molecule has 3 nitrogen and oxygen atoms in total.